The standard InChI is InChI=1S/C18H17BrFNO2S/c19-16-11-14(18(24)21-6-8-22-9-7-21)4-5-17(16)23-12-13-2-1-3-15(20)10-13/h1-5,10-11H,6-9,12H2. The van der Waals surface area contributed by atoms with Crippen molar-refractivity contribution < 1.29 is 13.9 Å². The summed E-state index contributed by atoms with van der Waals surface area (Å²) in [6, 6.07) is 12.2. The van der Waals surface area contributed by atoms with E-state index in [-0.39, 0.29) is 5.82 Å². The van der Waals surface area contributed by atoms with Gasteiger partial charge in [0.05, 0.1) is 17.7 Å². The Balaban J connectivity index is 1.67. The Bertz CT molecular complexity index is 735. The summed E-state index contributed by atoms with van der Waals surface area (Å²) in [5.41, 5.74) is 1.76. The first-order valence-corrected chi connectivity index (χ1v) is 8.87. The van der Waals surface area contributed by atoms with E-state index in [1.165, 1.54) is 12.1 Å². The molecule has 0 aromatic heterocycles. The van der Waals surface area contributed by atoms with Gasteiger partial charge in [-0.05, 0) is 51.8 Å². The molecular weight excluding hydrogens is 393 g/mol. The van der Waals surface area contributed by atoms with Crippen LogP contribution in [0.15, 0.2) is 46.9 Å². The molecule has 1 aliphatic heterocycles. The molecule has 0 N–H and O–H groups in total. The Hall–Kier alpha value is -1.50. The molecule has 6 heteroatoms. The fraction of sp³-hybridized carbons (Fsp3) is 0.278. The first-order chi connectivity index (χ1) is 11.6. The summed E-state index contributed by atoms with van der Waals surface area (Å²) in [4.78, 5) is 2.96. The van der Waals surface area contributed by atoms with Gasteiger partial charge in [0.15, 0.2) is 0 Å². The second kappa shape index (κ2) is 8.05. The van der Waals surface area contributed by atoms with Gasteiger partial charge in [0.2, 0.25) is 0 Å². The number of rotatable bonds is 4. The molecule has 1 aliphatic rings. The van der Waals surface area contributed by atoms with Gasteiger partial charge in [-0.15, -0.1) is 0 Å². The number of morpholine rings is 1. The van der Waals surface area contributed by atoms with Gasteiger partial charge in [0.1, 0.15) is 23.2 Å². The third-order valence-corrected chi connectivity index (χ3v) is 4.87. The molecule has 24 heavy (non-hydrogen) atoms. The topological polar surface area (TPSA) is 21.7 Å². The molecule has 2 aromatic rings. The van der Waals surface area contributed by atoms with Gasteiger partial charge in [-0.3, -0.25) is 0 Å². The van der Waals surface area contributed by atoms with Crippen molar-refractivity contribution >= 4 is 33.1 Å². The largest absolute Gasteiger partial charge is 0.488 e. The smallest absolute Gasteiger partial charge is 0.134 e. The number of hydrogen-bond acceptors (Lipinski definition) is 3. The molecule has 1 fully saturated rings. The van der Waals surface area contributed by atoms with Crippen LogP contribution in [0.3, 0.4) is 0 Å². The van der Waals surface area contributed by atoms with E-state index in [9.17, 15) is 4.39 Å². The predicted molar refractivity (Wildman–Crippen MR) is 99.0 cm³/mol. The van der Waals surface area contributed by atoms with E-state index in [1.54, 1.807) is 6.07 Å². The molecule has 1 heterocycles. The maximum Gasteiger partial charge on any atom is 0.134 e. The summed E-state index contributed by atoms with van der Waals surface area (Å²) in [5.74, 6) is 0.439. The van der Waals surface area contributed by atoms with E-state index < -0.39 is 0 Å². The highest BCUT2D eigenvalue weighted by atomic mass is 79.9. The van der Waals surface area contributed by atoms with Gasteiger partial charge < -0.3 is 14.4 Å². The average Bonchev–Trinajstić information content (AvgIpc) is 2.61. The van der Waals surface area contributed by atoms with Crippen molar-refractivity contribution in [1.29, 1.82) is 0 Å². The van der Waals surface area contributed by atoms with E-state index in [4.69, 9.17) is 21.7 Å². The minimum absolute atomic E-state index is 0.263. The molecule has 3 nitrogen and oxygen atoms in total. The van der Waals surface area contributed by atoms with Crippen molar-refractivity contribution in [3.63, 3.8) is 0 Å². The van der Waals surface area contributed by atoms with Crippen molar-refractivity contribution in [2.45, 2.75) is 6.61 Å². The van der Waals surface area contributed by atoms with Crippen molar-refractivity contribution in [3.05, 3.63) is 63.9 Å². The van der Waals surface area contributed by atoms with E-state index in [0.717, 1.165) is 33.7 Å². The molecule has 1 saturated heterocycles. The lowest BCUT2D eigenvalue weighted by molar-refractivity contribution is 0.0693. The van der Waals surface area contributed by atoms with Crippen LogP contribution in [0.5, 0.6) is 5.75 Å². The molecule has 0 atom stereocenters. The lowest BCUT2D eigenvalue weighted by Crippen LogP contribution is -2.40. The molecule has 0 spiro atoms. The van der Waals surface area contributed by atoms with Crippen LogP contribution in [0, 0.1) is 5.82 Å². The van der Waals surface area contributed by atoms with Gasteiger partial charge in [-0.1, -0.05) is 24.4 Å². The quantitative estimate of drug-likeness (QED) is 0.706. The van der Waals surface area contributed by atoms with Gasteiger partial charge in [0, 0.05) is 18.7 Å². The van der Waals surface area contributed by atoms with Crippen LogP contribution in [0.2, 0.25) is 0 Å². The normalized spacial score (nSPS) is 14.5. The van der Waals surface area contributed by atoms with Crippen LogP contribution in [0.1, 0.15) is 11.1 Å². The van der Waals surface area contributed by atoms with Crippen LogP contribution >= 0.6 is 28.1 Å². The Morgan fingerprint density at radius 2 is 2.00 bits per heavy atom. The zero-order valence-corrected chi connectivity index (χ0v) is 15.4. The van der Waals surface area contributed by atoms with Gasteiger partial charge >= 0.3 is 0 Å². The molecule has 0 unspecified atom stereocenters. The molecule has 0 saturated carbocycles. The number of hydrogen-bond donors (Lipinski definition) is 0. The Morgan fingerprint density at radius 3 is 2.71 bits per heavy atom. The molecule has 126 valence electrons. The SMILES string of the molecule is Fc1cccc(COc2ccc(C(=S)N3CCOCC3)cc2Br)c1. The number of nitrogens with zero attached hydrogens (tertiary/aromatic N) is 1. The number of benzene rings is 2. The average molecular weight is 410 g/mol. The Labute approximate surface area is 154 Å². The van der Waals surface area contributed by atoms with Crippen molar-refractivity contribution in [2.24, 2.45) is 0 Å². The van der Waals surface area contributed by atoms with Crippen molar-refractivity contribution in [2.75, 3.05) is 26.3 Å². The zero-order chi connectivity index (χ0) is 16.9. The number of thiocarbonyl (C=S) groups is 1. The summed E-state index contributed by atoms with van der Waals surface area (Å²) >= 11 is 9.09. The van der Waals surface area contributed by atoms with E-state index in [1.807, 2.05) is 24.3 Å². The highest BCUT2D eigenvalue weighted by molar-refractivity contribution is 9.10. The summed E-state index contributed by atoms with van der Waals surface area (Å²) in [6.07, 6.45) is 0. The van der Waals surface area contributed by atoms with E-state index in [2.05, 4.69) is 20.8 Å². The lowest BCUT2D eigenvalue weighted by atomic mass is 10.2. The maximum absolute atomic E-state index is 13.2. The fourth-order valence-electron chi connectivity index (χ4n) is 2.49. The van der Waals surface area contributed by atoms with Crippen LogP contribution < -0.4 is 4.74 Å². The first-order valence-electron chi connectivity index (χ1n) is 7.67. The second-order valence-electron chi connectivity index (χ2n) is 5.47. The van der Waals surface area contributed by atoms with E-state index >= 15 is 0 Å². The zero-order valence-electron chi connectivity index (χ0n) is 13.0. The van der Waals surface area contributed by atoms with Gasteiger partial charge in [-0.2, -0.15) is 0 Å². The van der Waals surface area contributed by atoms with Gasteiger partial charge in [-0.25, -0.2) is 4.39 Å². The molecule has 0 radical (unpaired) electrons. The lowest BCUT2D eigenvalue weighted by Gasteiger charge is -2.29. The molecule has 0 bridgehead atoms. The third kappa shape index (κ3) is 4.32. The molecule has 0 amide bonds. The Morgan fingerprint density at radius 1 is 1.21 bits per heavy atom. The van der Waals surface area contributed by atoms with Crippen LogP contribution in [-0.2, 0) is 11.3 Å². The molecule has 2 aromatic carbocycles. The summed E-state index contributed by atoms with van der Waals surface area (Å²) in [6.45, 7) is 3.35. The van der Waals surface area contributed by atoms with Crippen LogP contribution in [0.25, 0.3) is 0 Å². The minimum Gasteiger partial charge on any atom is -0.488 e. The highest BCUT2D eigenvalue weighted by Gasteiger charge is 2.16. The third-order valence-electron chi connectivity index (χ3n) is 3.76. The Kier molecular flexibility index (Phi) is 5.81. The molecular formula is C18H17BrFNO2S. The molecule has 0 aliphatic carbocycles. The minimum atomic E-state index is -0.263. The monoisotopic (exact) mass is 409 g/mol. The summed E-state index contributed by atoms with van der Waals surface area (Å²) in [7, 11) is 0. The van der Waals surface area contributed by atoms with E-state index in [0.29, 0.717) is 25.6 Å². The summed E-state index contributed by atoms with van der Waals surface area (Å²) in [5, 5.41) is 0. The van der Waals surface area contributed by atoms with Crippen LogP contribution in [-0.4, -0.2) is 36.2 Å². The van der Waals surface area contributed by atoms with Gasteiger partial charge in [0.25, 0.3) is 0 Å². The first kappa shape index (κ1) is 17.3. The number of ether oxygens (including phenoxy) is 2. The van der Waals surface area contributed by atoms with Crippen molar-refractivity contribution in [1.82, 2.24) is 4.90 Å². The predicted octanol–water partition coefficient (Wildman–Crippen LogP) is 4.17. The second-order valence-corrected chi connectivity index (χ2v) is 6.71. The fourth-order valence-corrected chi connectivity index (χ4v) is 3.29. The highest BCUT2D eigenvalue weighted by Crippen LogP contribution is 2.27. The maximum atomic E-state index is 13.2. The summed E-state index contributed by atoms with van der Waals surface area (Å²) < 4.78 is 25.1. The van der Waals surface area contributed by atoms with Crippen LogP contribution in [0.4, 0.5) is 4.39 Å². The van der Waals surface area contributed by atoms with Crippen molar-refractivity contribution in [3.8, 4) is 5.75 Å². The number of halogens is 2. The molecule has 3 rings (SSSR count).